The second-order valence-electron chi connectivity index (χ2n) is 6.86. The number of carboxylic acids is 1. The van der Waals surface area contributed by atoms with Crippen molar-refractivity contribution >= 4 is 28.2 Å². The Morgan fingerprint density at radius 3 is 2.43 bits per heavy atom. The second-order valence-corrected chi connectivity index (χ2v) is 7.97. The highest BCUT2D eigenvalue weighted by Crippen LogP contribution is 2.42. The number of thiophene rings is 1. The van der Waals surface area contributed by atoms with Crippen molar-refractivity contribution in [1.82, 2.24) is 0 Å². The molecule has 1 atom stereocenters. The fourth-order valence-electron chi connectivity index (χ4n) is 3.70. The lowest BCUT2D eigenvalue weighted by Gasteiger charge is -2.22. The van der Waals surface area contributed by atoms with E-state index >= 15 is 0 Å². The number of aromatic hydroxyl groups is 1. The number of fused-ring (bicyclic) bond motifs is 1. The van der Waals surface area contributed by atoms with Gasteiger partial charge in [0.25, 0.3) is 5.91 Å². The Balaban J connectivity index is 1.62. The van der Waals surface area contributed by atoms with Crippen molar-refractivity contribution in [2.24, 2.45) is 0 Å². The fourth-order valence-corrected chi connectivity index (χ4v) is 5.01. The Morgan fingerprint density at radius 2 is 1.75 bits per heavy atom. The maximum absolute atomic E-state index is 12.5. The minimum atomic E-state index is -1.02. The number of carboxylic acid groups (broad SMARTS) is 1. The van der Waals surface area contributed by atoms with E-state index in [0.717, 1.165) is 23.3 Å². The predicted octanol–water partition coefficient (Wildman–Crippen LogP) is 4.68. The minimum absolute atomic E-state index is 0.0707. The van der Waals surface area contributed by atoms with E-state index in [1.54, 1.807) is 0 Å². The van der Waals surface area contributed by atoms with Gasteiger partial charge in [-0.25, -0.2) is 4.79 Å². The Bertz CT molecular complexity index is 1020. The monoisotopic (exact) mass is 393 g/mol. The number of hydrogen-bond acceptors (Lipinski definition) is 4. The molecular weight excluding hydrogens is 374 g/mol. The van der Waals surface area contributed by atoms with Crippen molar-refractivity contribution in [3.63, 3.8) is 0 Å². The summed E-state index contributed by atoms with van der Waals surface area (Å²) < 4.78 is 0. The van der Waals surface area contributed by atoms with Gasteiger partial charge in [0.2, 0.25) is 0 Å². The third kappa shape index (κ3) is 3.51. The van der Waals surface area contributed by atoms with Crippen LogP contribution in [0.5, 0.6) is 5.75 Å². The largest absolute Gasteiger partial charge is 0.508 e. The average Bonchev–Trinajstić information content (AvgIpc) is 3.06. The van der Waals surface area contributed by atoms with Crippen LogP contribution in [0.25, 0.3) is 0 Å². The number of rotatable bonds is 4. The van der Waals surface area contributed by atoms with Crippen LogP contribution in [0.3, 0.4) is 0 Å². The van der Waals surface area contributed by atoms with Crippen molar-refractivity contribution in [2.75, 3.05) is 5.32 Å². The molecule has 1 aliphatic rings. The van der Waals surface area contributed by atoms with Crippen LogP contribution in [0.15, 0.2) is 54.6 Å². The maximum Gasteiger partial charge on any atom is 0.339 e. The van der Waals surface area contributed by atoms with Crippen LogP contribution in [0.1, 0.15) is 49.1 Å². The molecule has 0 spiro atoms. The zero-order valence-corrected chi connectivity index (χ0v) is 15.8. The standard InChI is InChI=1S/C22H19NO4S/c24-16-9-6-14(7-10-16)20(25)23-21-19(22(26)27)17-11-8-15(12-18(17)28-21)13-4-2-1-3-5-13/h1-7,9-10,15,24H,8,11-12H2,(H,23,25)(H,26,27). The molecule has 5 nitrogen and oxygen atoms in total. The number of phenolic OH excluding ortho intramolecular Hbond substituents is 1. The Labute approximate surface area is 166 Å². The lowest BCUT2D eigenvalue weighted by Crippen LogP contribution is -2.15. The number of amides is 1. The Kier molecular flexibility index (Phi) is 4.88. The highest BCUT2D eigenvalue weighted by Gasteiger charge is 2.30. The highest BCUT2D eigenvalue weighted by molar-refractivity contribution is 7.17. The van der Waals surface area contributed by atoms with Gasteiger partial charge in [-0.1, -0.05) is 30.3 Å². The molecule has 1 aromatic heterocycles. The van der Waals surface area contributed by atoms with Crippen LogP contribution in [0, 0.1) is 0 Å². The summed E-state index contributed by atoms with van der Waals surface area (Å²) in [6.45, 7) is 0. The van der Waals surface area contributed by atoms with E-state index in [1.807, 2.05) is 18.2 Å². The Morgan fingerprint density at radius 1 is 1.04 bits per heavy atom. The van der Waals surface area contributed by atoms with Crippen LogP contribution < -0.4 is 5.32 Å². The highest BCUT2D eigenvalue weighted by atomic mass is 32.1. The average molecular weight is 393 g/mol. The molecule has 0 saturated carbocycles. The van der Waals surface area contributed by atoms with E-state index in [2.05, 4.69) is 17.4 Å². The molecule has 1 unspecified atom stereocenters. The summed E-state index contributed by atoms with van der Waals surface area (Å²) in [6.07, 6.45) is 2.35. The lowest BCUT2D eigenvalue weighted by atomic mass is 9.83. The predicted molar refractivity (Wildman–Crippen MR) is 109 cm³/mol. The van der Waals surface area contributed by atoms with Gasteiger partial charge in [0.1, 0.15) is 10.8 Å². The summed E-state index contributed by atoms with van der Waals surface area (Å²) in [7, 11) is 0. The summed E-state index contributed by atoms with van der Waals surface area (Å²) >= 11 is 1.35. The van der Waals surface area contributed by atoms with Crippen LogP contribution in [-0.4, -0.2) is 22.1 Å². The number of aromatic carboxylic acids is 1. The Hall–Kier alpha value is -3.12. The topological polar surface area (TPSA) is 86.6 Å². The van der Waals surface area contributed by atoms with Gasteiger partial charge in [-0.3, -0.25) is 4.79 Å². The van der Waals surface area contributed by atoms with Crippen molar-refractivity contribution in [1.29, 1.82) is 0 Å². The molecule has 0 aliphatic heterocycles. The van der Waals surface area contributed by atoms with Gasteiger partial charge in [-0.15, -0.1) is 11.3 Å². The molecule has 0 bridgehead atoms. The number of benzene rings is 2. The first-order valence-corrected chi connectivity index (χ1v) is 9.87. The van der Waals surface area contributed by atoms with Crippen LogP contribution in [0.4, 0.5) is 5.00 Å². The van der Waals surface area contributed by atoms with Crippen molar-refractivity contribution in [3.05, 3.63) is 81.7 Å². The number of carbonyl (C=O) groups is 2. The molecule has 0 saturated heterocycles. The smallest absolute Gasteiger partial charge is 0.339 e. The zero-order chi connectivity index (χ0) is 19.7. The number of nitrogens with one attached hydrogen (secondary N) is 1. The van der Waals surface area contributed by atoms with Crippen LogP contribution >= 0.6 is 11.3 Å². The molecular formula is C22H19NO4S. The van der Waals surface area contributed by atoms with Gasteiger partial charge < -0.3 is 15.5 Å². The quantitative estimate of drug-likeness (QED) is 0.601. The van der Waals surface area contributed by atoms with E-state index in [1.165, 1.54) is 41.2 Å². The second kappa shape index (κ2) is 7.48. The van der Waals surface area contributed by atoms with Crippen molar-refractivity contribution < 1.29 is 19.8 Å². The minimum Gasteiger partial charge on any atom is -0.508 e. The third-order valence-corrected chi connectivity index (χ3v) is 6.28. The van der Waals surface area contributed by atoms with Gasteiger partial charge >= 0.3 is 5.97 Å². The van der Waals surface area contributed by atoms with Gasteiger partial charge in [0, 0.05) is 10.4 Å². The molecule has 1 amide bonds. The molecule has 3 N–H and O–H groups in total. The van der Waals surface area contributed by atoms with E-state index in [0.29, 0.717) is 22.9 Å². The van der Waals surface area contributed by atoms with Crippen molar-refractivity contribution in [2.45, 2.75) is 25.2 Å². The first kappa shape index (κ1) is 18.3. The number of anilines is 1. The molecule has 2 aromatic carbocycles. The SMILES string of the molecule is O=C(Nc1sc2c(c1C(=O)O)CCC(c1ccccc1)C2)c1ccc(O)cc1. The molecule has 1 aliphatic carbocycles. The van der Waals surface area contributed by atoms with Crippen LogP contribution in [0.2, 0.25) is 0 Å². The van der Waals surface area contributed by atoms with Gasteiger partial charge in [-0.2, -0.15) is 0 Å². The van der Waals surface area contributed by atoms with Crippen LogP contribution in [-0.2, 0) is 12.8 Å². The van der Waals surface area contributed by atoms with E-state index in [4.69, 9.17) is 0 Å². The third-order valence-electron chi connectivity index (χ3n) is 5.11. The summed E-state index contributed by atoms with van der Waals surface area (Å²) in [5, 5.41) is 22.2. The van der Waals surface area contributed by atoms with E-state index in [9.17, 15) is 19.8 Å². The normalized spacial score (nSPS) is 15.6. The molecule has 3 aromatic rings. The summed E-state index contributed by atoms with van der Waals surface area (Å²) in [4.78, 5) is 25.4. The van der Waals surface area contributed by atoms with Crippen molar-refractivity contribution in [3.8, 4) is 5.75 Å². The van der Waals surface area contributed by atoms with Gasteiger partial charge in [0.15, 0.2) is 0 Å². The number of carbonyl (C=O) groups excluding carboxylic acids is 1. The number of phenols is 1. The molecule has 142 valence electrons. The fraction of sp³-hybridized carbons (Fsp3) is 0.182. The molecule has 1 heterocycles. The first-order valence-electron chi connectivity index (χ1n) is 9.06. The molecule has 28 heavy (non-hydrogen) atoms. The van der Waals surface area contributed by atoms with Gasteiger partial charge in [-0.05, 0) is 60.6 Å². The zero-order valence-electron chi connectivity index (χ0n) is 15.0. The molecule has 0 radical (unpaired) electrons. The van der Waals surface area contributed by atoms with E-state index in [-0.39, 0.29) is 17.2 Å². The van der Waals surface area contributed by atoms with Gasteiger partial charge in [0.05, 0.1) is 5.56 Å². The van der Waals surface area contributed by atoms with E-state index < -0.39 is 5.97 Å². The summed E-state index contributed by atoms with van der Waals surface area (Å²) in [5.74, 6) is -0.978. The summed E-state index contributed by atoms with van der Waals surface area (Å²) in [6, 6.07) is 16.1. The molecule has 4 rings (SSSR count). The first-order chi connectivity index (χ1) is 13.5. The maximum atomic E-state index is 12.5. The number of hydrogen-bond donors (Lipinski definition) is 3. The molecule has 6 heteroatoms. The molecule has 0 fully saturated rings. The lowest BCUT2D eigenvalue weighted by molar-refractivity contribution is 0.0697. The summed E-state index contributed by atoms with van der Waals surface area (Å²) in [5.41, 5.74) is 2.67.